The zero-order chi connectivity index (χ0) is 13.2. The molecule has 5 nitrogen and oxygen atoms in total. The van der Waals surface area contributed by atoms with Gasteiger partial charge in [-0.05, 0) is 31.0 Å². The van der Waals surface area contributed by atoms with Crippen molar-refractivity contribution in [3.05, 3.63) is 23.8 Å². The van der Waals surface area contributed by atoms with Gasteiger partial charge in [0.25, 0.3) is 0 Å². The number of benzene rings is 1. The van der Waals surface area contributed by atoms with E-state index in [1.54, 1.807) is 32.2 Å². The highest BCUT2D eigenvalue weighted by molar-refractivity contribution is 5.81. The highest BCUT2D eigenvalue weighted by Gasteiger charge is 2.36. The second-order valence-corrected chi connectivity index (χ2v) is 4.45. The Kier molecular flexibility index (Phi) is 3.43. The topological polar surface area (TPSA) is 65.0 Å². The molecule has 0 radical (unpaired) electrons. The van der Waals surface area contributed by atoms with Crippen LogP contribution < -0.4 is 9.47 Å². The SMILES string of the molecule is COCCC(C)(C(=O)O)c1ccc2c(c1)OCO2. The monoisotopic (exact) mass is 252 g/mol. The van der Waals surface area contributed by atoms with Crippen LogP contribution >= 0.6 is 0 Å². The van der Waals surface area contributed by atoms with E-state index < -0.39 is 11.4 Å². The van der Waals surface area contributed by atoms with Gasteiger partial charge in [0.15, 0.2) is 11.5 Å². The number of rotatable bonds is 5. The Morgan fingerprint density at radius 2 is 2.17 bits per heavy atom. The third-order valence-electron chi connectivity index (χ3n) is 3.29. The number of hydrogen-bond donors (Lipinski definition) is 1. The van der Waals surface area contributed by atoms with E-state index in [0.29, 0.717) is 30.1 Å². The van der Waals surface area contributed by atoms with Gasteiger partial charge in [-0.3, -0.25) is 4.79 Å². The van der Waals surface area contributed by atoms with Crippen LogP contribution in [0.2, 0.25) is 0 Å². The molecule has 0 saturated heterocycles. The fourth-order valence-electron chi connectivity index (χ4n) is 1.92. The molecule has 98 valence electrons. The molecule has 5 heteroatoms. The average molecular weight is 252 g/mol. The quantitative estimate of drug-likeness (QED) is 0.865. The van der Waals surface area contributed by atoms with Crippen molar-refractivity contribution in [2.45, 2.75) is 18.8 Å². The van der Waals surface area contributed by atoms with Crippen LogP contribution in [-0.2, 0) is 14.9 Å². The number of methoxy groups -OCH3 is 1. The summed E-state index contributed by atoms with van der Waals surface area (Å²) in [7, 11) is 1.56. The molecule has 1 aromatic rings. The number of aliphatic carboxylic acids is 1. The maximum Gasteiger partial charge on any atom is 0.313 e. The Morgan fingerprint density at radius 1 is 1.44 bits per heavy atom. The number of ether oxygens (including phenoxy) is 3. The number of carbonyl (C=O) groups is 1. The lowest BCUT2D eigenvalue weighted by molar-refractivity contribution is -0.143. The summed E-state index contributed by atoms with van der Waals surface area (Å²) in [6, 6.07) is 5.23. The van der Waals surface area contributed by atoms with Crippen molar-refractivity contribution < 1.29 is 24.1 Å². The molecule has 1 N–H and O–H groups in total. The van der Waals surface area contributed by atoms with E-state index in [1.165, 1.54) is 0 Å². The van der Waals surface area contributed by atoms with Gasteiger partial charge >= 0.3 is 5.97 Å². The molecule has 1 atom stereocenters. The van der Waals surface area contributed by atoms with Gasteiger partial charge in [0.2, 0.25) is 6.79 Å². The van der Waals surface area contributed by atoms with Crippen LogP contribution in [0.15, 0.2) is 18.2 Å². The van der Waals surface area contributed by atoms with Gasteiger partial charge < -0.3 is 19.3 Å². The van der Waals surface area contributed by atoms with Crippen LogP contribution in [0.4, 0.5) is 0 Å². The van der Waals surface area contributed by atoms with Crippen molar-refractivity contribution in [3.8, 4) is 11.5 Å². The molecule has 0 aromatic heterocycles. The minimum atomic E-state index is -0.989. The summed E-state index contributed by atoms with van der Waals surface area (Å²) in [5.41, 5.74) is -0.298. The molecule has 1 aliphatic rings. The highest BCUT2D eigenvalue weighted by atomic mass is 16.7. The summed E-state index contributed by atoms with van der Waals surface area (Å²) in [6.45, 7) is 2.25. The standard InChI is InChI=1S/C13H16O5/c1-13(12(14)15,5-6-16-2)9-3-4-10-11(7-9)18-8-17-10/h3-4,7H,5-6,8H2,1-2H3,(H,14,15). The molecule has 0 aliphatic carbocycles. The minimum Gasteiger partial charge on any atom is -0.481 e. The van der Waals surface area contributed by atoms with Crippen molar-refractivity contribution >= 4 is 5.97 Å². The molecule has 0 bridgehead atoms. The molecule has 0 spiro atoms. The second-order valence-electron chi connectivity index (χ2n) is 4.45. The molecule has 1 aliphatic heterocycles. The van der Waals surface area contributed by atoms with Gasteiger partial charge in [-0.2, -0.15) is 0 Å². The van der Waals surface area contributed by atoms with Crippen LogP contribution in [-0.4, -0.2) is 31.6 Å². The first-order valence-electron chi connectivity index (χ1n) is 5.70. The summed E-state index contributed by atoms with van der Waals surface area (Å²) in [6.07, 6.45) is 0.401. The zero-order valence-electron chi connectivity index (χ0n) is 10.4. The average Bonchev–Trinajstić information content (AvgIpc) is 2.82. The third kappa shape index (κ3) is 2.13. The van der Waals surface area contributed by atoms with Crippen LogP contribution in [0.5, 0.6) is 11.5 Å². The predicted octanol–water partition coefficient (Wildman–Crippen LogP) is 1.79. The summed E-state index contributed by atoms with van der Waals surface area (Å²) in [5, 5.41) is 9.43. The van der Waals surface area contributed by atoms with E-state index in [4.69, 9.17) is 14.2 Å². The van der Waals surface area contributed by atoms with Gasteiger partial charge in [-0.1, -0.05) is 6.07 Å². The Bertz CT molecular complexity index is 457. The molecule has 2 rings (SSSR count). The summed E-state index contributed by atoms with van der Waals surface area (Å²) >= 11 is 0. The second kappa shape index (κ2) is 4.86. The Labute approximate surface area is 105 Å². The number of fused-ring (bicyclic) bond motifs is 1. The summed E-state index contributed by atoms with van der Waals surface area (Å²) in [4.78, 5) is 11.5. The third-order valence-corrected chi connectivity index (χ3v) is 3.29. The smallest absolute Gasteiger partial charge is 0.313 e. The molecule has 1 unspecified atom stereocenters. The maximum absolute atomic E-state index is 11.5. The Hall–Kier alpha value is -1.75. The fraction of sp³-hybridized carbons (Fsp3) is 0.462. The normalized spacial score (nSPS) is 16.3. The Morgan fingerprint density at radius 3 is 2.83 bits per heavy atom. The lowest BCUT2D eigenvalue weighted by Gasteiger charge is -2.25. The molecule has 1 heterocycles. The van der Waals surface area contributed by atoms with Crippen molar-refractivity contribution in [1.29, 1.82) is 0 Å². The predicted molar refractivity (Wildman–Crippen MR) is 64.0 cm³/mol. The van der Waals surface area contributed by atoms with Gasteiger partial charge in [0.05, 0.1) is 5.41 Å². The molecule has 0 fully saturated rings. The van der Waals surface area contributed by atoms with Crippen LogP contribution in [0, 0.1) is 0 Å². The van der Waals surface area contributed by atoms with Gasteiger partial charge in [-0.25, -0.2) is 0 Å². The van der Waals surface area contributed by atoms with E-state index >= 15 is 0 Å². The van der Waals surface area contributed by atoms with Crippen LogP contribution in [0.3, 0.4) is 0 Å². The van der Waals surface area contributed by atoms with E-state index in [-0.39, 0.29) is 6.79 Å². The number of carboxylic acids is 1. The van der Waals surface area contributed by atoms with Crippen molar-refractivity contribution in [1.82, 2.24) is 0 Å². The molecule has 18 heavy (non-hydrogen) atoms. The first-order chi connectivity index (χ1) is 8.58. The number of carboxylic acid groups (broad SMARTS) is 1. The summed E-state index contributed by atoms with van der Waals surface area (Å²) < 4.78 is 15.5. The minimum absolute atomic E-state index is 0.181. The lowest BCUT2D eigenvalue weighted by Crippen LogP contribution is -2.33. The molecular weight excluding hydrogens is 236 g/mol. The van der Waals surface area contributed by atoms with E-state index in [9.17, 15) is 9.90 Å². The van der Waals surface area contributed by atoms with E-state index in [1.807, 2.05) is 0 Å². The molecule has 1 aromatic carbocycles. The first-order valence-corrected chi connectivity index (χ1v) is 5.70. The Balaban J connectivity index is 2.33. The highest BCUT2D eigenvalue weighted by Crippen LogP contribution is 2.37. The van der Waals surface area contributed by atoms with Gasteiger partial charge in [0.1, 0.15) is 0 Å². The van der Waals surface area contributed by atoms with Crippen LogP contribution in [0.1, 0.15) is 18.9 Å². The fourth-order valence-corrected chi connectivity index (χ4v) is 1.92. The van der Waals surface area contributed by atoms with Crippen molar-refractivity contribution in [3.63, 3.8) is 0 Å². The zero-order valence-corrected chi connectivity index (χ0v) is 10.4. The first kappa shape index (κ1) is 12.7. The molecular formula is C13H16O5. The van der Waals surface area contributed by atoms with Gasteiger partial charge in [-0.15, -0.1) is 0 Å². The molecule has 0 saturated carbocycles. The van der Waals surface area contributed by atoms with Crippen molar-refractivity contribution in [2.24, 2.45) is 0 Å². The lowest BCUT2D eigenvalue weighted by atomic mass is 9.79. The van der Waals surface area contributed by atoms with Crippen LogP contribution in [0.25, 0.3) is 0 Å². The van der Waals surface area contributed by atoms with E-state index in [0.717, 1.165) is 0 Å². The molecule has 0 amide bonds. The maximum atomic E-state index is 11.5. The van der Waals surface area contributed by atoms with Crippen molar-refractivity contribution in [2.75, 3.05) is 20.5 Å². The summed E-state index contributed by atoms with van der Waals surface area (Å²) in [5.74, 6) is 0.369. The largest absolute Gasteiger partial charge is 0.481 e. The number of hydrogen-bond acceptors (Lipinski definition) is 4. The van der Waals surface area contributed by atoms with E-state index in [2.05, 4.69) is 0 Å². The van der Waals surface area contributed by atoms with Gasteiger partial charge in [0, 0.05) is 13.7 Å².